The van der Waals surface area contributed by atoms with Crippen molar-refractivity contribution in [3.8, 4) is 17.2 Å². The van der Waals surface area contributed by atoms with Crippen molar-refractivity contribution in [2.45, 2.75) is 54.6 Å². The summed E-state index contributed by atoms with van der Waals surface area (Å²) in [7, 11) is 0.349. The van der Waals surface area contributed by atoms with Gasteiger partial charge in [0.1, 0.15) is 16.4 Å². The van der Waals surface area contributed by atoms with Crippen LogP contribution < -0.4 is 18.5 Å². The molecule has 3 aromatic rings. The van der Waals surface area contributed by atoms with Gasteiger partial charge in [0.25, 0.3) is 15.9 Å². The lowest BCUT2D eigenvalue weighted by molar-refractivity contribution is -0.275. The summed E-state index contributed by atoms with van der Waals surface area (Å²) in [6.07, 6.45) is -3.83. The molecule has 0 aromatic heterocycles. The van der Waals surface area contributed by atoms with E-state index in [2.05, 4.69) is 9.64 Å². The van der Waals surface area contributed by atoms with Crippen molar-refractivity contribution < 1.29 is 50.5 Å². The number of sulfonamides is 1. The second-order valence-electron chi connectivity index (χ2n) is 13.4. The molecule has 0 saturated carbocycles. The summed E-state index contributed by atoms with van der Waals surface area (Å²) in [4.78, 5) is 33.6. The van der Waals surface area contributed by atoms with Gasteiger partial charge in [0.05, 0.1) is 32.1 Å². The molecule has 0 bridgehead atoms. The van der Waals surface area contributed by atoms with Crippen molar-refractivity contribution in [2.75, 3.05) is 58.8 Å². The number of β-amino-alcohol motifs (C(OH)–C–C–N with tert-alkyl or cyclic N) is 1. The third kappa shape index (κ3) is 7.02. The number of aliphatic hydroxyl groups is 1. The summed E-state index contributed by atoms with van der Waals surface area (Å²) in [5.74, 6) is -2.72. The van der Waals surface area contributed by atoms with Gasteiger partial charge >= 0.3 is 6.36 Å². The largest absolute Gasteiger partial charge is 0.573 e. The maximum Gasteiger partial charge on any atom is 0.573 e. The Morgan fingerprint density at radius 1 is 1.00 bits per heavy atom. The van der Waals surface area contributed by atoms with E-state index in [1.807, 2.05) is 6.07 Å². The quantitative estimate of drug-likeness (QED) is 0.299. The molecule has 1 unspecified atom stereocenters. The lowest BCUT2D eigenvalue weighted by Crippen LogP contribution is -2.59. The molecular formula is C36H40ClF3N4O8S. The van der Waals surface area contributed by atoms with Crippen LogP contribution in [0.25, 0.3) is 0 Å². The first-order chi connectivity index (χ1) is 25.0. The average Bonchev–Trinajstić information content (AvgIpc) is 3.82. The summed E-state index contributed by atoms with van der Waals surface area (Å²) in [6.45, 7) is 2.33. The molecule has 0 radical (unpaired) electrons. The van der Waals surface area contributed by atoms with Crippen LogP contribution in [0.5, 0.6) is 17.2 Å². The SMILES string of the molecule is COc1ccc(S(=O)(=O)N2C(=O)C(c3cc(CCN4CCCC4)ccc3OC)(N3C[C@H](O)C[C@H]3C(=O)N(C)C)c3cc(Cl)ccc32)c(OC(F)(F)F)c1. The normalized spacial score (nSPS) is 22.3. The van der Waals surface area contributed by atoms with E-state index in [0.29, 0.717) is 17.3 Å². The number of alkyl halides is 3. The Kier molecular flexibility index (Phi) is 10.7. The number of hydrogen-bond donors (Lipinski definition) is 1. The number of hydrogen-bond acceptors (Lipinski definition) is 10. The molecule has 3 aromatic carbocycles. The minimum Gasteiger partial charge on any atom is -0.497 e. The van der Waals surface area contributed by atoms with Crippen LogP contribution in [0.2, 0.25) is 5.02 Å². The van der Waals surface area contributed by atoms with Gasteiger partial charge in [-0.05, 0) is 86.8 Å². The maximum absolute atomic E-state index is 15.6. The number of methoxy groups -OCH3 is 2. The summed E-state index contributed by atoms with van der Waals surface area (Å²) >= 11 is 6.59. The molecule has 53 heavy (non-hydrogen) atoms. The van der Waals surface area contributed by atoms with Crippen LogP contribution in [0.1, 0.15) is 36.0 Å². The van der Waals surface area contributed by atoms with E-state index in [-0.39, 0.29) is 46.3 Å². The lowest BCUT2D eigenvalue weighted by atomic mass is 9.80. The minimum absolute atomic E-state index is 0.0195. The number of aliphatic hydroxyl groups excluding tert-OH is 1. The molecular weight excluding hydrogens is 741 g/mol. The Morgan fingerprint density at radius 3 is 2.36 bits per heavy atom. The number of ether oxygens (including phenoxy) is 3. The molecule has 3 aliphatic heterocycles. The summed E-state index contributed by atoms with van der Waals surface area (Å²) in [5, 5.41) is 11.2. The van der Waals surface area contributed by atoms with Gasteiger partial charge in [-0.3, -0.25) is 14.5 Å². The fourth-order valence-corrected chi connectivity index (χ4v) is 9.34. The molecule has 3 heterocycles. The number of rotatable bonds is 11. The van der Waals surface area contributed by atoms with Gasteiger partial charge < -0.3 is 29.1 Å². The number of fused-ring (bicyclic) bond motifs is 1. The lowest BCUT2D eigenvalue weighted by Gasteiger charge is -2.42. The first-order valence-electron chi connectivity index (χ1n) is 16.9. The van der Waals surface area contributed by atoms with Gasteiger partial charge in [-0.15, -0.1) is 13.2 Å². The molecule has 2 saturated heterocycles. The van der Waals surface area contributed by atoms with E-state index in [1.165, 1.54) is 56.3 Å². The first-order valence-corrected chi connectivity index (χ1v) is 18.7. The number of carbonyl (C=O) groups excluding carboxylic acids is 2. The van der Waals surface area contributed by atoms with Crippen LogP contribution in [0, 0.1) is 0 Å². The van der Waals surface area contributed by atoms with Gasteiger partial charge in [-0.25, -0.2) is 12.7 Å². The minimum atomic E-state index is -5.31. The van der Waals surface area contributed by atoms with Crippen molar-refractivity contribution >= 4 is 39.1 Å². The summed E-state index contributed by atoms with van der Waals surface area (Å²) in [5.41, 5.74) is -1.47. The highest BCUT2D eigenvalue weighted by atomic mass is 35.5. The Labute approximate surface area is 310 Å². The Hall–Kier alpha value is -4.09. The van der Waals surface area contributed by atoms with Crippen molar-refractivity contribution in [3.63, 3.8) is 0 Å². The Bertz CT molecular complexity index is 2010. The molecule has 0 aliphatic carbocycles. The topological polar surface area (TPSA) is 129 Å². The third-order valence-corrected chi connectivity index (χ3v) is 11.9. The zero-order valence-corrected chi connectivity index (χ0v) is 31.1. The van der Waals surface area contributed by atoms with Crippen LogP contribution in [0.4, 0.5) is 18.9 Å². The van der Waals surface area contributed by atoms with Gasteiger partial charge in [-0.1, -0.05) is 17.7 Å². The first kappa shape index (κ1) is 38.6. The summed E-state index contributed by atoms with van der Waals surface area (Å²) in [6, 6.07) is 10.8. The van der Waals surface area contributed by atoms with Crippen molar-refractivity contribution in [2.24, 2.45) is 0 Å². The van der Waals surface area contributed by atoms with Gasteiger partial charge in [0.15, 0.2) is 11.3 Å². The molecule has 2 amide bonds. The van der Waals surface area contributed by atoms with Gasteiger partial charge in [0, 0.05) is 49.4 Å². The van der Waals surface area contributed by atoms with Crippen LogP contribution in [0.3, 0.4) is 0 Å². The highest BCUT2D eigenvalue weighted by Crippen LogP contribution is 2.55. The number of anilines is 1. The fraction of sp³-hybridized carbons (Fsp3) is 0.444. The number of likely N-dealkylation sites (tertiary alicyclic amines) is 2. The second kappa shape index (κ2) is 14.6. The summed E-state index contributed by atoms with van der Waals surface area (Å²) < 4.78 is 86.2. The van der Waals surface area contributed by atoms with Gasteiger partial charge in [-0.2, -0.15) is 0 Å². The van der Waals surface area contributed by atoms with Crippen molar-refractivity contribution in [1.82, 2.24) is 14.7 Å². The standard InChI is InChI=1S/C36H40ClF3N4O8S/c1-41(2)33(46)29-19-24(45)21-43(29)35(27-17-22(7-11-30(27)51-4)13-16-42-14-5-6-15-42)26-18-23(37)8-10-28(26)44(34(35)47)53(48,49)32-12-9-25(50-3)20-31(32)52-36(38,39)40/h7-12,17-18,20,24,29,45H,5-6,13-16,19,21H2,1-4H3/t24-,29+,35?/m1/s1. The van der Waals surface area contributed by atoms with Crippen molar-refractivity contribution in [3.05, 3.63) is 76.3 Å². The maximum atomic E-state index is 15.6. The number of halogens is 4. The van der Waals surface area contributed by atoms with E-state index in [0.717, 1.165) is 49.7 Å². The molecule has 0 spiro atoms. The molecule has 286 valence electrons. The highest BCUT2D eigenvalue weighted by Gasteiger charge is 2.64. The highest BCUT2D eigenvalue weighted by molar-refractivity contribution is 7.93. The predicted molar refractivity (Wildman–Crippen MR) is 189 cm³/mol. The Morgan fingerprint density at radius 2 is 1.72 bits per heavy atom. The molecule has 1 N–H and O–H groups in total. The number of likely N-dealkylation sites (N-methyl/N-ethyl adjacent to an activating group) is 1. The van der Waals surface area contributed by atoms with Crippen LogP contribution >= 0.6 is 11.6 Å². The molecule has 3 aliphatic rings. The van der Waals surface area contributed by atoms with E-state index < -0.39 is 56.5 Å². The van der Waals surface area contributed by atoms with E-state index in [4.69, 9.17) is 21.1 Å². The third-order valence-electron chi connectivity index (χ3n) is 9.96. The zero-order chi connectivity index (χ0) is 38.5. The molecule has 17 heteroatoms. The van der Waals surface area contributed by atoms with E-state index >= 15 is 4.79 Å². The number of nitrogens with zero attached hydrogens (tertiary/aromatic N) is 4. The zero-order valence-electron chi connectivity index (χ0n) is 29.5. The van der Waals surface area contributed by atoms with Crippen LogP contribution in [0.15, 0.2) is 59.5 Å². The predicted octanol–water partition coefficient (Wildman–Crippen LogP) is 4.40. The van der Waals surface area contributed by atoms with Crippen LogP contribution in [-0.2, 0) is 31.6 Å². The average molecular weight is 781 g/mol. The number of amides is 2. The smallest absolute Gasteiger partial charge is 0.497 e. The van der Waals surface area contributed by atoms with Crippen molar-refractivity contribution in [1.29, 1.82) is 0 Å². The number of carbonyl (C=O) groups is 2. The second-order valence-corrected chi connectivity index (χ2v) is 15.6. The van der Waals surface area contributed by atoms with E-state index in [1.54, 1.807) is 12.1 Å². The molecule has 6 rings (SSSR count). The monoisotopic (exact) mass is 780 g/mol. The molecule has 2 fully saturated rings. The van der Waals surface area contributed by atoms with E-state index in [9.17, 15) is 31.5 Å². The van der Waals surface area contributed by atoms with Crippen LogP contribution in [-0.4, -0.2) is 113 Å². The molecule has 3 atom stereocenters. The number of benzene rings is 3. The Balaban J connectivity index is 1.64. The fourth-order valence-electron chi connectivity index (χ4n) is 7.61. The van der Waals surface area contributed by atoms with Gasteiger partial charge in [0.2, 0.25) is 5.91 Å². The molecule has 12 nitrogen and oxygen atoms in total.